The highest BCUT2D eigenvalue weighted by Crippen LogP contribution is 2.13. The average Bonchev–Trinajstić information content (AvgIpc) is 2.47. The van der Waals surface area contributed by atoms with Crippen molar-refractivity contribution >= 4 is 21.9 Å². The molecule has 0 unspecified atom stereocenters. The minimum absolute atomic E-state index is 0.166. The Bertz CT molecular complexity index is 615. The van der Waals surface area contributed by atoms with Crippen LogP contribution in [0.25, 0.3) is 0 Å². The molecule has 0 aliphatic heterocycles. The summed E-state index contributed by atoms with van der Waals surface area (Å²) in [5.41, 5.74) is 1.81. The van der Waals surface area contributed by atoms with Crippen LogP contribution in [0.5, 0.6) is 0 Å². The number of nitrogens with zero attached hydrogens (tertiary/aromatic N) is 1. The van der Waals surface area contributed by atoms with E-state index in [1.165, 1.54) is 5.56 Å². The van der Waals surface area contributed by atoms with Crippen LogP contribution < -0.4 is 0 Å². The highest BCUT2D eigenvalue weighted by Gasteiger charge is 2.14. The highest BCUT2D eigenvalue weighted by molar-refractivity contribution is 9.10. The Hall–Kier alpha value is -1.65. The SMILES string of the molecule is C[C@@H](CN(C)Cc1ccccc1)OC(=O)c1cccc(Br)c1. The van der Waals surface area contributed by atoms with Crippen molar-refractivity contribution in [2.75, 3.05) is 13.6 Å². The molecule has 116 valence electrons. The van der Waals surface area contributed by atoms with Crippen LogP contribution in [0.2, 0.25) is 0 Å². The highest BCUT2D eigenvalue weighted by atomic mass is 79.9. The number of halogens is 1. The number of benzene rings is 2. The van der Waals surface area contributed by atoms with Gasteiger partial charge in [-0.25, -0.2) is 4.79 Å². The molecule has 2 aromatic rings. The van der Waals surface area contributed by atoms with Crippen LogP contribution in [0, 0.1) is 0 Å². The van der Waals surface area contributed by atoms with Crippen LogP contribution >= 0.6 is 15.9 Å². The molecule has 0 aromatic heterocycles. The number of carbonyl (C=O) groups excluding carboxylic acids is 1. The molecule has 2 rings (SSSR count). The van der Waals surface area contributed by atoms with E-state index >= 15 is 0 Å². The number of hydrogen-bond donors (Lipinski definition) is 0. The zero-order valence-corrected chi connectivity index (χ0v) is 14.4. The Morgan fingerprint density at radius 1 is 1.18 bits per heavy atom. The van der Waals surface area contributed by atoms with Gasteiger partial charge in [-0.2, -0.15) is 0 Å². The molecule has 0 radical (unpaired) electrons. The van der Waals surface area contributed by atoms with E-state index in [4.69, 9.17) is 4.74 Å². The molecule has 3 nitrogen and oxygen atoms in total. The van der Waals surface area contributed by atoms with Gasteiger partial charge in [-0.15, -0.1) is 0 Å². The maximum atomic E-state index is 12.1. The lowest BCUT2D eigenvalue weighted by atomic mass is 10.2. The fourth-order valence-electron chi connectivity index (χ4n) is 2.30. The van der Waals surface area contributed by atoms with Gasteiger partial charge >= 0.3 is 5.97 Å². The molecule has 0 aliphatic carbocycles. The van der Waals surface area contributed by atoms with Gasteiger partial charge in [0.1, 0.15) is 6.10 Å². The first-order chi connectivity index (χ1) is 10.5. The molecule has 1 atom stereocenters. The second-order valence-electron chi connectivity index (χ2n) is 5.41. The Balaban J connectivity index is 1.84. The maximum Gasteiger partial charge on any atom is 0.338 e. The second-order valence-corrected chi connectivity index (χ2v) is 6.32. The minimum Gasteiger partial charge on any atom is -0.458 e. The number of rotatable bonds is 6. The molecule has 0 spiro atoms. The normalized spacial score (nSPS) is 12.2. The van der Waals surface area contributed by atoms with Crippen LogP contribution in [0.3, 0.4) is 0 Å². The van der Waals surface area contributed by atoms with Crippen molar-refractivity contribution in [3.8, 4) is 0 Å². The third-order valence-corrected chi connectivity index (χ3v) is 3.73. The van der Waals surface area contributed by atoms with Crippen LogP contribution in [0.15, 0.2) is 59.1 Å². The number of carbonyl (C=O) groups is 1. The summed E-state index contributed by atoms with van der Waals surface area (Å²) in [4.78, 5) is 14.2. The van der Waals surface area contributed by atoms with Gasteiger partial charge in [-0.05, 0) is 37.7 Å². The molecule has 0 amide bonds. The van der Waals surface area contributed by atoms with Gasteiger partial charge in [0.25, 0.3) is 0 Å². The zero-order chi connectivity index (χ0) is 15.9. The Morgan fingerprint density at radius 2 is 1.91 bits per heavy atom. The molecular weight excluding hydrogens is 342 g/mol. The van der Waals surface area contributed by atoms with E-state index < -0.39 is 0 Å². The molecular formula is C18H20BrNO2. The maximum absolute atomic E-state index is 12.1. The van der Waals surface area contributed by atoms with E-state index in [1.807, 2.05) is 44.3 Å². The van der Waals surface area contributed by atoms with Crippen molar-refractivity contribution in [2.45, 2.75) is 19.6 Å². The van der Waals surface area contributed by atoms with E-state index in [0.29, 0.717) is 12.1 Å². The molecule has 0 saturated carbocycles. The summed E-state index contributed by atoms with van der Waals surface area (Å²) in [6.07, 6.45) is -0.166. The summed E-state index contributed by atoms with van der Waals surface area (Å²) in [6.45, 7) is 3.44. The molecule has 0 N–H and O–H groups in total. The Kier molecular flexibility index (Phi) is 6.16. The van der Waals surface area contributed by atoms with Crippen molar-refractivity contribution in [3.63, 3.8) is 0 Å². The lowest BCUT2D eigenvalue weighted by Crippen LogP contribution is -2.30. The predicted molar refractivity (Wildman–Crippen MR) is 91.8 cm³/mol. The van der Waals surface area contributed by atoms with Crippen molar-refractivity contribution in [1.82, 2.24) is 4.90 Å². The summed E-state index contributed by atoms with van der Waals surface area (Å²) in [5, 5.41) is 0. The minimum atomic E-state index is -0.290. The van der Waals surface area contributed by atoms with E-state index in [-0.39, 0.29) is 12.1 Å². The standard InChI is InChI=1S/C18H20BrNO2/c1-14(12-20(2)13-15-7-4-3-5-8-15)22-18(21)16-9-6-10-17(19)11-16/h3-11,14H,12-13H2,1-2H3/t14-/m0/s1. The van der Waals surface area contributed by atoms with Gasteiger partial charge in [0.15, 0.2) is 0 Å². The molecule has 2 aromatic carbocycles. The lowest BCUT2D eigenvalue weighted by molar-refractivity contribution is 0.0268. The Morgan fingerprint density at radius 3 is 2.59 bits per heavy atom. The van der Waals surface area contributed by atoms with E-state index in [2.05, 4.69) is 33.0 Å². The molecule has 0 fully saturated rings. The fourth-order valence-corrected chi connectivity index (χ4v) is 2.70. The number of esters is 1. The van der Waals surface area contributed by atoms with Crippen LogP contribution in [-0.2, 0) is 11.3 Å². The first-order valence-electron chi connectivity index (χ1n) is 7.23. The van der Waals surface area contributed by atoms with Gasteiger partial charge < -0.3 is 4.74 Å². The van der Waals surface area contributed by atoms with Crippen LogP contribution in [0.1, 0.15) is 22.8 Å². The largest absolute Gasteiger partial charge is 0.458 e. The van der Waals surface area contributed by atoms with Gasteiger partial charge in [-0.3, -0.25) is 4.90 Å². The van der Waals surface area contributed by atoms with E-state index in [9.17, 15) is 4.79 Å². The monoisotopic (exact) mass is 361 g/mol. The van der Waals surface area contributed by atoms with E-state index in [0.717, 1.165) is 11.0 Å². The summed E-state index contributed by atoms with van der Waals surface area (Å²) in [7, 11) is 2.02. The molecule has 0 saturated heterocycles. The topological polar surface area (TPSA) is 29.5 Å². The van der Waals surface area contributed by atoms with Gasteiger partial charge in [-0.1, -0.05) is 52.3 Å². The molecule has 4 heteroatoms. The predicted octanol–water partition coefficient (Wildman–Crippen LogP) is 4.13. The summed E-state index contributed by atoms with van der Waals surface area (Å²) in [5.74, 6) is -0.290. The summed E-state index contributed by atoms with van der Waals surface area (Å²) >= 11 is 3.36. The number of ether oxygens (including phenoxy) is 1. The van der Waals surface area contributed by atoms with Crippen molar-refractivity contribution in [1.29, 1.82) is 0 Å². The van der Waals surface area contributed by atoms with Crippen molar-refractivity contribution in [2.24, 2.45) is 0 Å². The zero-order valence-electron chi connectivity index (χ0n) is 12.8. The average molecular weight is 362 g/mol. The third kappa shape index (κ3) is 5.28. The van der Waals surface area contributed by atoms with Gasteiger partial charge in [0.2, 0.25) is 0 Å². The van der Waals surface area contributed by atoms with Crippen molar-refractivity contribution in [3.05, 3.63) is 70.2 Å². The molecule has 0 bridgehead atoms. The van der Waals surface area contributed by atoms with Gasteiger partial charge in [0.05, 0.1) is 5.56 Å². The molecule has 22 heavy (non-hydrogen) atoms. The first-order valence-corrected chi connectivity index (χ1v) is 8.03. The van der Waals surface area contributed by atoms with Gasteiger partial charge in [0, 0.05) is 17.6 Å². The van der Waals surface area contributed by atoms with E-state index in [1.54, 1.807) is 12.1 Å². The Labute approximate surface area is 140 Å². The third-order valence-electron chi connectivity index (χ3n) is 3.23. The lowest BCUT2D eigenvalue weighted by Gasteiger charge is -2.21. The molecule has 0 aliphatic rings. The second kappa shape index (κ2) is 8.11. The number of hydrogen-bond acceptors (Lipinski definition) is 3. The fraction of sp³-hybridized carbons (Fsp3) is 0.278. The smallest absolute Gasteiger partial charge is 0.338 e. The number of likely N-dealkylation sites (N-methyl/N-ethyl adjacent to an activating group) is 1. The molecule has 0 heterocycles. The summed E-state index contributed by atoms with van der Waals surface area (Å²) in [6, 6.07) is 17.5. The quantitative estimate of drug-likeness (QED) is 0.724. The van der Waals surface area contributed by atoms with Crippen molar-refractivity contribution < 1.29 is 9.53 Å². The van der Waals surface area contributed by atoms with Crippen LogP contribution in [-0.4, -0.2) is 30.6 Å². The summed E-state index contributed by atoms with van der Waals surface area (Å²) < 4.78 is 6.37. The van der Waals surface area contributed by atoms with Crippen LogP contribution in [0.4, 0.5) is 0 Å². The first kappa shape index (κ1) is 16.7.